The van der Waals surface area contributed by atoms with Gasteiger partial charge in [0.25, 0.3) is 0 Å². The molecule has 1 aliphatic heterocycles. The number of alkyl halides is 3. The van der Waals surface area contributed by atoms with E-state index >= 15 is 0 Å². The van der Waals surface area contributed by atoms with Crippen LogP contribution in [0.2, 0.25) is 0 Å². The summed E-state index contributed by atoms with van der Waals surface area (Å²) in [5.41, 5.74) is 5.75. The highest BCUT2D eigenvalue weighted by atomic mass is 19.4. The van der Waals surface area contributed by atoms with Crippen LogP contribution in [0.25, 0.3) is 11.0 Å². The minimum atomic E-state index is -4.38. The number of hydrogen-bond donors (Lipinski definition) is 1. The van der Waals surface area contributed by atoms with Gasteiger partial charge in [0.1, 0.15) is 11.3 Å². The molecule has 2 heterocycles. The van der Waals surface area contributed by atoms with Crippen molar-refractivity contribution in [3.8, 4) is 0 Å². The van der Waals surface area contributed by atoms with Gasteiger partial charge >= 0.3 is 6.18 Å². The van der Waals surface area contributed by atoms with Crippen molar-refractivity contribution in [2.45, 2.75) is 31.6 Å². The minimum absolute atomic E-state index is 0.0114. The van der Waals surface area contributed by atoms with E-state index in [0.29, 0.717) is 17.9 Å². The maximum atomic E-state index is 12.9. The Morgan fingerprint density at radius 1 is 1.33 bits per heavy atom. The number of fused-ring (bicyclic) bond motifs is 3. The largest absolute Gasteiger partial charge is 0.418 e. The number of aryl methyl sites for hydroxylation is 1. The van der Waals surface area contributed by atoms with Crippen molar-refractivity contribution >= 4 is 11.0 Å². The molecular formula is C12H12F3N3. The monoisotopic (exact) mass is 255 g/mol. The molecule has 0 amide bonds. The summed E-state index contributed by atoms with van der Waals surface area (Å²) in [5, 5.41) is 0. The molecule has 2 aromatic rings. The highest BCUT2D eigenvalue weighted by Crippen LogP contribution is 2.36. The lowest BCUT2D eigenvalue weighted by Crippen LogP contribution is -2.21. The molecule has 1 aromatic carbocycles. The summed E-state index contributed by atoms with van der Waals surface area (Å²) in [6, 6.07) is 3.87. The second-order valence-corrected chi connectivity index (χ2v) is 4.54. The van der Waals surface area contributed by atoms with Gasteiger partial charge in [-0.15, -0.1) is 0 Å². The standard InChI is InChI=1S/C12H12F3N3/c13-12(14,15)7-3-1-5-9-10(7)17-11-8(16)4-2-6-18(9)11/h1,3,5,8H,2,4,6,16H2. The highest BCUT2D eigenvalue weighted by Gasteiger charge is 2.35. The summed E-state index contributed by atoms with van der Waals surface area (Å²) in [7, 11) is 0. The molecule has 1 aliphatic rings. The molecule has 0 radical (unpaired) electrons. The lowest BCUT2D eigenvalue weighted by molar-refractivity contribution is -0.136. The molecule has 3 nitrogen and oxygen atoms in total. The number of imidazole rings is 1. The van der Waals surface area contributed by atoms with Gasteiger partial charge in [0, 0.05) is 6.54 Å². The van der Waals surface area contributed by atoms with Crippen LogP contribution in [0.5, 0.6) is 0 Å². The molecule has 1 aromatic heterocycles. The molecule has 1 unspecified atom stereocenters. The quantitative estimate of drug-likeness (QED) is 0.786. The Balaban J connectivity index is 2.31. The van der Waals surface area contributed by atoms with E-state index in [1.54, 1.807) is 10.6 Å². The third-order valence-corrected chi connectivity index (χ3v) is 3.34. The zero-order valence-electron chi connectivity index (χ0n) is 9.54. The van der Waals surface area contributed by atoms with Crippen LogP contribution >= 0.6 is 0 Å². The fourth-order valence-corrected chi connectivity index (χ4v) is 2.51. The smallest absolute Gasteiger partial charge is 0.327 e. The fourth-order valence-electron chi connectivity index (χ4n) is 2.51. The van der Waals surface area contributed by atoms with E-state index in [4.69, 9.17) is 5.73 Å². The molecule has 2 N–H and O–H groups in total. The maximum Gasteiger partial charge on any atom is 0.418 e. The molecule has 0 bridgehead atoms. The Hall–Kier alpha value is -1.56. The molecule has 0 saturated carbocycles. The summed E-state index contributed by atoms with van der Waals surface area (Å²) in [4.78, 5) is 4.12. The number of halogens is 3. The first-order valence-corrected chi connectivity index (χ1v) is 5.80. The van der Waals surface area contributed by atoms with Crippen molar-refractivity contribution in [2.75, 3.05) is 0 Å². The van der Waals surface area contributed by atoms with Crippen LogP contribution in [0.15, 0.2) is 18.2 Å². The van der Waals surface area contributed by atoms with E-state index in [9.17, 15) is 13.2 Å². The van der Waals surface area contributed by atoms with E-state index in [-0.39, 0.29) is 11.6 Å². The van der Waals surface area contributed by atoms with Crippen LogP contribution in [-0.4, -0.2) is 9.55 Å². The van der Waals surface area contributed by atoms with Crippen LogP contribution in [0.1, 0.15) is 30.3 Å². The van der Waals surface area contributed by atoms with Crippen LogP contribution < -0.4 is 5.73 Å². The average molecular weight is 255 g/mol. The van der Waals surface area contributed by atoms with Gasteiger partial charge in [0.05, 0.1) is 17.1 Å². The molecule has 3 rings (SSSR count). The third kappa shape index (κ3) is 1.59. The number of rotatable bonds is 0. The topological polar surface area (TPSA) is 43.8 Å². The van der Waals surface area contributed by atoms with Gasteiger partial charge in [-0.2, -0.15) is 13.2 Å². The number of benzene rings is 1. The van der Waals surface area contributed by atoms with Gasteiger partial charge in [-0.1, -0.05) is 6.07 Å². The Bertz CT molecular complexity index is 600. The Morgan fingerprint density at radius 2 is 2.11 bits per heavy atom. The lowest BCUT2D eigenvalue weighted by atomic mass is 10.1. The van der Waals surface area contributed by atoms with E-state index in [1.165, 1.54) is 6.07 Å². The Kier molecular flexibility index (Phi) is 2.38. The first kappa shape index (κ1) is 11.5. The molecule has 6 heteroatoms. The lowest BCUT2D eigenvalue weighted by Gasteiger charge is -2.20. The predicted molar refractivity (Wildman–Crippen MR) is 60.9 cm³/mol. The fraction of sp³-hybridized carbons (Fsp3) is 0.417. The van der Waals surface area contributed by atoms with Crippen molar-refractivity contribution in [1.29, 1.82) is 0 Å². The van der Waals surface area contributed by atoms with Gasteiger partial charge < -0.3 is 10.3 Å². The summed E-state index contributed by atoms with van der Waals surface area (Å²) < 4.78 is 40.5. The van der Waals surface area contributed by atoms with Crippen molar-refractivity contribution < 1.29 is 13.2 Å². The van der Waals surface area contributed by atoms with Gasteiger partial charge in [0.2, 0.25) is 0 Å². The molecule has 0 aliphatic carbocycles. The second-order valence-electron chi connectivity index (χ2n) is 4.54. The highest BCUT2D eigenvalue weighted by molar-refractivity contribution is 5.80. The summed E-state index contributed by atoms with van der Waals surface area (Å²) >= 11 is 0. The third-order valence-electron chi connectivity index (χ3n) is 3.34. The van der Waals surface area contributed by atoms with E-state index in [2.05, 4.69) is 4.98 Å². The van der Waals surface area contributed by atoms with Crippen molar-refractivity contribution in [2.24, 2.45) is 5.73 Å². The minimum Gasteiger partial charge on any atom is -0.327 e. The SMILES string of the molecule is NC1CCCn2c1nc1c(C(F)(F)F)cccc12. The Morgan fingerprint density at radius 3 is 2.83 bits per heavy atom. The van der Waals surface area contributed by atoms with Crippen LogP contribution in [0.3, 0.4) is 0 Å². The normalized spacial score (nSPS) is 20.1. The number of aromatic nitrogens is 2. The summed E-state index contributed by atoms with van der Waals surface area (Å²) in [6.07, 6.45) is -2.74. The number of hydrogen-bond acceptors (Lipinski definition) is 2. The first-order valence-electron chi connectivity index (χ1n) is 5.80. The maximum absolute atomic E-state index is 12.9. The van der Waals surface area contributed by atoms with Crippen molar-refractivity contribution in [3.05, 3.63) is 29.6 Å². The molecule has 0 fully saturated rings. The van der Waals surface area contributed by atoms with E-state index in [1.807, 2.05) is 0 Å². The second kappa shape index (κ2) is 3.71. The van der Waals surface area contributed by atoms with Gasteiger partial charge in [0.15, 0.2) is 0 Å². The van der Waals surface area contributed by atoms with Gasteiger partial charge in [-0.05, 0) is 25.0 Å². The molecule has 0 saturated heterocycles. The average Bonchev–Trinajstić information content (AvgIpc) is 2.68. The molecule has 1 atom stereocenters. The van der Waals surface area contributed by atoms with E-state index in [0.717, 1.165) is 18.9 Å². The molecule has 96 valence electrons. The van der Waals surface area contributed by atoms with Crippen molar-refractivity contribution in [1.82, 2.24) is 9.55 Å². The number of para-hydroxylation sites is 1. The van der Waals surface area contributed by atoms with Crippen LogP contribution in [0.4, 0.5) is 13.2 Å². The number of nitrogens with zero attached hydrogens (tertiary/aromatic N) is 2. The van der Waals surface area contributed by atoms with Gasteiger partial charge in [-0.3, -0.25) is 0 Å². The summed E-state index contributed by atoms with van der Waals surface area (Å²) in [5.74, 6) is 0.563. The number of nitrogens with two attached hydrogens (primary N) is 1. The zero-order valence-corrected chi connectivity index (χ0v) is 9.54. The predicted octanol–water partition coefficient (Wildman–Crippen LogP) is 2.85. The van der Waals surface area contributed by atoms with Crippen LogP contribution in [-0.2, 0) is 12.7 Å². The molecule has 18 heavy (non-hydrogen) atoms. The van der Waals surface area contributed by atoms with Gasteiger partial charge in [-0.25, -0.2) is 4.98 Å². The molecular weight excluding hydrogens is 243 g/mol. The first-order chi connectivity index (χ1) is 8.48. The Labute approximate surface area is 101 Å². The van der Waals surface area contributed by atoms with E-state index < -0.39 is 11.7 Å². The summed E-state index contributed by atoms with van der Waals surface area (Å²) in [6.45, 7) is 0.681. The van der Waals surface area contributed by atoms with Crippen LogP contribution in [0, 0.1) is 0 Å². The molecule has 0 spiro atoms. The zero-order chi connectivity index (χ0) is 12.9. The van der Waals surface area contributed by atoms with Crippen molar-refractivity contribution in [3.63, 3.8) is 0 Å².